The van der Waals surface area contributed by atoms with Gasteiger partial charge in [0.2, 0.25) is 0 Å². The summed E-state index contributed by atoms with van der Waals surface area (Å²) < 4.78 is 51.4. The molecule has 0 aliphatic carbocycles. The zero-order chi connectivity index (χ0) is 59.2. The van der Waals surface area contributed by atoms with Crippen molar-refractivity contribution in [3.05, 3.63) is 36.5 Å². The third kappa shape index (κ3) is 45.9. The van der Waals surface area contributed by atoms with Crippen molar-refractivity contribution < 1.29 is 66.5 Å². The number of carboxylic acids is 1. The normalized spacial score (nSPS) is 12.9. The number of ether oxygens (including phenoxy) is 3. The van der Waals surface area contributed by atoms with Gasteiger partial charge in [0.1, 0.15) is 25.4 Å². The SMILES string of the molecule is CCCCCCCC/C=C/CCCCCCCC(=O)OCC(COC(=O)CCCCCCC/C=C/CCCCCCCC)(COC(=O)CCCCCCC/C=C/CCCCCCCC)N(CCS(=O)(=O)O)C(=O)C(O)C(O)C(=O)O. The van der Waals surface area contributed by atoms with Gasteiger partial charge in [0, 0.05) is 25.8 Å². The van der Waals surface area contributed by atoms with Crippen molar-refractivity contribution in [2.24, 2.45) is 0 Å². The van der Waals surface area contributed by atoms with E-state index in [0.29, 0.717) is 24.2 Å². The predicted molar refractivity (Wildman–Crippen MR) is 322 cm³/mol. The second-order valence-corrected chi connectivity index (χ2v) is 23.8. The maximum Gasteiger partial charge on any atom is 0.335 e. The van der Waals surface area contributed by atoms with Crippen molar-refractivity contribution >= 4 is 39.9 Å². The van der Waals surface area contributed by atoms with Gasteiger partial charge >= 0.3 is 23.9 Å². The minimum Gasteiger partial charge on any atom is -0.479 e. The molecule has 2 unspecified atom stereocenters. The predicted octanol–water partition coefficient (Wildman–Crippen LogP) is 15.0. The van der Waals surface area contributed by atoms with Crippen molar-refractivity contribution in [3.8, 4) is 0 Å². The lowest BCUT2D eigenvalue weighted by Gasteiger charge is -2.43. The van der Waals surface area contributed by atoms with E-state index in [1.54, 1.807) is 0 Å². The number of carbonyl (C=O) groups is 5. The number of aliphatic hydroxyl groups is 2. The lowest BCUT2D eigenvalue weighted by Crippen LogP contribution is -2.65. The fourth-order valence-electron chi connectivity index (χ4n) is 9.46. The highest BCUT2D eigenvalue weighted by molar-refractivity contribution is 7.85. The quantitative estimate of drug-likeness (QED) is 0.0146. The van der Waals surface area contributed by atoms with Crippen LogP contribution in [0.2, 0.25) is 0 Å². The molecule has 0 fully saturated rings. The first-order chi connectivity index (χ1) is 38.6. The van der Waals surface area contributed by atoms with Gasteiger partial charge in [-0.3, -0.25) is 23.7 Å². The van der Waals surface area contributed by atoms with Gasteiger partial charge in [-0.05, 0) is 96.3 Å². The summed E-state index contributed by atoms with van der Waals surface area (Å²) in [5, 5.41) is 30.7. The molecule has 0 heterocycles. The molecule has 0 aromatic rings. The van der Waals surface area contributed by atoms with E-state index >= 15 is 0 Å². The van der Waals surface area contributed by atoms with Crippen LogP contribution in [0.15, 0.2) is 36.5 Å². The lowest BCUT2D eigenvalue weighted by atomic mass is 9.97. The molecule has 0 aromatic carbocycles. The summed E-state index contributed by atoms with van der Waals surface area (Å²) in [5.74, 6) is -6.86. The third-order valence-electron chi connectivity index (χ3n) is 14.7. The molecule has 15 nitrogen and oxygen atoms in total. The average Bonchev–Trinajstić information content (AvgIpc) is 3.45. The fourth-order valence-corrected chi connectivity index (χ4v) is 9.87. The number of hydrogen-bond donors (Lipinski definition) is 4. The zero-order valence-electron chi connectivity index (χ0n) is 50.6. The molecule has 4 N–H and O–H groups in total. The first kappa shape index (κ1) is 76.4. The number of nitrogens with zero attached hydrogens (tertiary/aromatic N) is 1. The molecule has 16 heteroatoms. The van der Waals surface area contributed by atoms with E-state index in [2.05, 4.69) is 57.2 Å². The molecule has 0 radical (unpaired) electrons. The largest absolute Gasteiger partial charge is 0.479 e. The van der Waals surface area contributed by atoms with Crippen LogP contribution in [-0.2, 0) is 48.3 Å². The standard InChI is InChI=1S/C64H115NO14S/c1-4-7-10-13-16-19-22-25-28-31-34-37-40-43-46-49-57(66)77-54-64(65(52-53-80(74,75)76)62(71)60(69)61(70)63(72)73,55-78-58(67)50-47-44-41-38-35-32-29-26-23-20-17-14-11-8-5-2)56-79-59(68)51-48-45-42-39-36-33-30-27-24-21-18-15-12-9-6-3/h25-30,60-61,69-70H,4-24,31-56H2,1-3H3,(H,72,73)(H,74,75,76)/b28-25+,29-26+,30-27+. The van der Waals surface area contributed by atoms with Crippen molar-refractivity contribution in [3.63, 3.8) is 0 Å². The molecular formula is C64H115NO14S. The molecule has 1 amide bonds. The van der Waals surface area contributed by atoms with Gasteiger partial charge in [0.25, 0.3) is 16.0 Å². The summed E-state index contributed by atoms with van der Waals surface area (Å²) in [6, 6.07) is 0. The molecule has 0 aromatic heterocycles. The highest BCUT2D eigenvalue weighted by Gasteiger charge is 2.48. The van der Waals surface area contributed by atoms with E-state index in [0.717, 1.165) is 116 Å². The fraction of sp³-hybridized carbons (Fsp3) is 0.828. The van der Waals surface area contributed by atoms with Crippen LogP contribution in [0, 0.1) is 0 Å². The van der Waals surface area contributed by atoms with Crippen molar-refractivity contribution in [1.82, 2.24) is 4.90 Å². The molecule has 80 heavy (non-hydrogen) atoms. The second-order valence-electron chi connectivity index (χ2n) is 22.2. The highest BCUT2D eigenvalue weighted by Crippen LogP contribution is 2.24. The average molecular weight is 1150 g/mol. The number of unbranched alkanes of at least 4 members (excludes halogenated alkanes) is 33. The van der Waals surface area contributed by atoms with Gasteiger partial charge in [-0.25, -0.2) is 4.79 Å². The molecule has 0 spiro atoms. The summed E-state index contributed by atoms with van der Waals surface area (Å²) in [6.45, 7) is 3.16. The maximum absolute atomic E-state index is 14.1. The monoisotopic (exact) mass is 1150 g/mol. The van der Waals surface area contributed by atoms with Crippen LogP contribution in [0.1, 0.15) is 290 Å². The summed E-state index contributed by atoms with van der Waals surface area (Å²) in [6.07, 6.45) is 49.1. The summed E-state index contributed by atoms with van der Waals surface area (Å²) in [7, 11) is -4.86. The van der Waals surface area contributed by atoms with E-state index in [1.165, 1.54) is 116 Å². The molecular weight excluding hydrogens is 1040 g/mol. The van der Waals surface area contributed by atoms with Crippen LogP contribution in [-0.4, -0.2) is 113 Å². The Hall–Kier alpha value is -3.60. The van der Waals surface area contributed by atoms with Crippen LogP contribution in [0.5, 0.6) is 0 Å². The Kier molecular flexibility index (Phi) is 51.0. The lowest BCUT2D eigenvalue weighted by molar-refractivity contribution is -0.179. The maximum atomic E-state index is 14.1. The van der Waals surface area contributed by atoms with Crippen LogP contribution >= 0.6 is 0 Å². The van der Waals surface area contributed by atoms with E-state index < -0.39 is 89.8 Å². The highest BCUT2D eigenvalue weighted by atomic mass is 32.2. The van der Waals surface area contributed by atoms with E-state index in [1.807, 2.05) is 0 Å². The molecule has 0 saturated carbocycles. The molecule has 466 valence electrons. The Morgan fingerprint density at radius 2 is 0.662 bits per heavy atom. The number of allylic oxidation sites excluding steroid dienone is 6. The Labute approximate surface area is 486 Å². The Morgan fingerprint density at radius 3 is 0.912 bits per heavy atom. The Morgan fingerprint density at radius 1 is 0.412 bits per heavy atom. The smallest absolute Gasteiger partial charge is 0.335 e. The first-order valence-corrected chi connectivity index (χ1v) is 33.5. The van der Waals surface area contributed by atoms with Crippen LogP contribution in [0.25, 0.3) is 0 Å². The number of aliphatic carboxylic acids is 1. The van der Waals surface area contributed by atoms with E-state index in [4.69, 9.17) is 14.2 Å². The van der Waals surface area contributed by atoms with Gasteiger partial charge in [-0.1, -0.05) is 211 Å². The Balaban J connectivity index is 6.01. The Bertz CT molecular complexity index is 1610. The molecule has 0 rings (SSSR count). The van der Waals surface area contributed by atoms with Gasteiger partial charge < -0.3 is 34.4 Å². The van der Waals surface area contributed by atoms with Crippen LogP contribution < -0.4 is 0 Å². The molecule has 0 saturated heterocycles. The summed E-state index contributed by atoms with van der Waals surface area (Å²) in [5.41, 5.74) is -2.24. The number of amides is 1. The minimum absolute atomic E-state index is 0.0436. The van der Waals surface area contributed by atoms with Gasteiger partial charge in [-0.2, -0.15) is 8.42 Å². The topological polar surface area (TPSA) is 231 Å². The zero-order valence-corrected chi connectivity index (χ0v) is 51.4. The summed E-state index contributed by atoms with van der Waals surface area (Å²) >= 11 is 0. The van der Waals surface area contributed by atoms with Gasteiger partial charge in [-0.15, -0.1) is 0 Å². The number of carbonyl (C=O) groups excluding carboxylic acids is 4. The number of hydrogen-bond acceptors (Lipinski definition) is 12. The second kappa shape index (κ2) is 53.4. The van der Waals surface area contributed by atoms with E-state index in [9.17, 15) is 52.3 Å². The third-order valence-corrected chi connectivity index (χ3v) is 15.3. The molecule has 0 aliphatic heterocycles. The molecule has 0 bridgehead atoms. The van der Waals surface area contributed by atoms with E-state index in [-0.39, 0.29) is 19.3 Å². The van der Waals surface area contributed by atoms with Crippen molar-refractivity contribution in [1.29, 1.82) is 0 Å². The van der Waals surface area contributed by atoms with Gasteiger partial charge in [0.05, 0.1) is 5.75 Å². The van der Waals surface area contributed by atoms with Crippen LogP contribution in [0.3, 0.4) is 0 Å². The molecule has 0 aliphatic rings. The first-order valence-electron chi connectivity index (χ1n) is 31.9. The molecule has 2 atom stereocenters. The van der Waals surface area contributed by atoms with Crippen LogP contribution in [0.4, 0.5) is 0 Å². The number of carboxylic acid groups (broad SMARTS) is 1. The number of rotatable bonds is 58. The number of aliphatic hydroxyl groups excluding tert-OH is 2. The van der Waals surface area contributed by atoms with Crippen molar-refractivity contribution in [2.75, 3.05) is 32.1 Å². The number of esters is 3. The van der Waals surface area contributed by atoms with Gasteiger partial charge in [0.15, 0.2) is 12.2 Å². The minimum atomic E-state index is -4.86. The van der Waals surface area contributed by atoms with Crippen molar-refractivity contribution in [2.45, 2.75) is 308 Å². The summed E-state index contributed by atoms with van der Waals surface area (Å²) in [4.78, 5) is 66.7.